The van der Waals surface area contributed by atoms with E-state index in [1.165, 1.54) is 51.4 Å². The van der Waals surface area contributed by atoms with Crippen molar-refractivity contribution in [3.8, 4) is 0 Å². The molecule has 0 aromatic heterocycles. The standard InChI is InChI=1S/C23H43O7P/c1-2-3-4-5-6-7-8-9-10-11-12-13-14-15-16-17-23(24)29-21-18-19-28-20-22(21)30-31(25,26)27/h9-10,21-22H,2-8,11-20H2,1H3,(H2,25,26,27)/b10-9+/t21-,22-/m0/s1. The molecule has 1 heterocycles. The van der Waals surface area contributed by atoms with Crippen LogP contribution in [0, 0.1) is 0 Å². The van der Waals surface area contributed by atoms with Crippen LogP contribution in [0.3, 0.4) is 0 Å². The van der Waals surface area contributed by atoms with E-state index in [-0.39, 0.29) is 12.6 Å². The highest BCUT2D eigenvalue weighted by molar-refractivity contribution is 7.46. The average Bonchev–Trinajstić information content (AvgIpc) is 2.71. The maximum Gasteiger partial charge on any atom is 0.470 e. The molecule has 31 heavy (non-hydrogen) atoms. The van der Waals surface area contributed by atoms with Gasteiger partial charge in [-0.05, 0) is 32.1 Å². The van der Waals surface area contributed by atoms with Crippen LogP contribution in [0.25, 0.3) is 0 Å². The van der Waals surface area contributed by atoms with E-state index in [4.69, 9.17) is 19.3 Å². The quantitative estimate of drug-likeness (QED) is 0.114. The number of allylic oxidation sites excluding steroid dienone is 2. The van der Waals surface area contributed by atoms with Gasteiger partial charge >= 0.3 is 13.8 Å². The number of esters is 1. The summed E-state index contributed by atoms with van der Waals surface area (Å²) < 4.78 is 26.3. The van der Waals surface area contributed by atoms with Crippen molar-refractivity contribution in [1.29, 1.82) is 0 Å². The Morgan fingerprint density at radius 2 is 1.52 bits per heavy atom. The smallest absolute Gasteiger partial charge is 0.459 e. The summed E-state index contributed by atoms with van der Waals surface area (Å²) in [5.41, 5.74) is 0. The third-order valence-electron chi connectivity index (χ3n) is 5.44. The average molecular weight is 463 g/mol. The van der Waals surface area contributed by atoms with Gasteiger partial charge in [-0.1, -0.05) is 70.4 Å². The van der Waals surface area contributed by atoms with Crippen LogP contribution in [-0.2, 0) is 23.4 Å². The van der Waals surface area contributed by atoms with Crippen LogP contribution in [0.4, 0.5) is 0 Å². The van der Waals surface area contributed by atoms with Crippen LogP contribution < -0.4 is 0 Å². The Kier molecular flexibility index (Phi) is 16.2. The number of ether oxygens (including phenoxy) is 2. The molecule has 2 N–H and O–H groups in total. The van der Waals surface area contributed by atoms with Gasteiger partial charge in [0, 0.05) is 12.8 Å². The number of phosphoric acid groups is 1. The highest BCUT2D eigenvalue weighted by atomic mass is 31.2. The molecule has 7 nitrogen and oxygen atoms in total. The second kappa shape index (κ2) is 17.8. The number of hydrogen-bond donors (Lipinski definition) is 2. The molecule has 0 saturated carbocycles. The zero-order valence-corrected chi connectivity index (χ0v) is 20.1. The summed E-state index contributed by atoms with van der Waals surface area (Å²) in [5.74, 6) is -0.344. The number of unbranched alkanes of at least 4 members (excludes halogenated alkanes) is 11. The Labute approximate surface area is 188 Å². The van der Waals surface area contributed by atoms with Gasteiger partial charge in [0.25, 0.3) is 0 Å². The first-order valence-corrected chi connectivity index (χ1v) is 13.6. The molecule has 0 unspecified atom stereocenters. The summed E-state index contributed by atoms with van der Waals surface area (Å²) >= 11 is 0. The predicted octanol–water partition coefficient (Wildman–Crippen LogP) is 5.83. The number of carbonyl (C=O) groups is 1. The Balaban J connectivity index is 1.98. The molecule has 182 valence electrons. The molecule has 1 aliphatic rings. The summed E-state index contributed by atoms with van der Waals surface area (Å²) in [4.78, 5) is 30.0. The van der Waals surface area contributed by atoms with E-state index in [0.29, 0.717) is 19.4 Å². The van der Waals surface area contributed by atoms with Gasteiger partial charge in [-0.25, -0.2) is 4.57 Å². The molecule has 1 fully saturated rings. The summed E-state index contributed by atoms with van der Waals surface area (Å²) in [6, 6.07) is 0. The number of hydrogen-bond acceptors (Lipinski definition) is 5. The van der Waals surface area contributed by atoms with E-state index in [1.54, 1.807) is 0 Å². The lowest BCUT2D eigenvalue weighted by Gasteiger charge is -2.30. The van der Waals surface area contributed by atoms with E-state index >= 15 is 0 Å². The van der Waals surface area contributed by atoms with Crippen molar-refractivity contribution in [2.45, 2.75) is 115 Å². The van der Waals surface area contributed by atoms with E-state index in [1.807, 2.05) is 0 Å². The molecule has 0 amide bonds. The molecule has 0 radical (unpaired) electrons. The Hall–Kier alpha value is -0.720. The van der Waals surface area contributed by atoms with Crippen LogP contribution in [-0.4, -0.2) is 41.2 Å². The lowest BCUT2D eigenvalue weighted by molar-refractivity contribution is -0.164. The Morgan fingerprint density at radius 3 is 2.13 bits per heavy atom. The van der Waals surface area contributed by atoms with Crippen molar-refractivity contribution in [3.63, 3.8) is 0 Å². The van der Waals surface area contributed by atoms with E-state index in [2.05, 4.69) is 23.6 Å². The normalized spacial score (nSPS) is 19.7. The predicted molar refractivity (Wildman–Crippen MR) is 122 cm³/mol. The first-order chi connectivity index (χ1) is 14.9. The van der Waals surface area contributed by atoms with Gasteiger partial charge in [-0.2, -0.15) is 0 Å². The number of carbonyl (C=O) groups excluding carboxylic acids is 1. The first-order valence-electron chi connectivity index (χ1n) is 12.1. The summed E-state index contributed by atoms with van der Waals surface area (Å²) in [7, 11) is -4.64. The molecular formula is C23H43O7P. The van der Waals surface area contributed by atoms with E-state index in [9.17, 15) is 9.36 Å². The molecule has 2 atom stereocenters. The third-order valence-corrected chi connectivity index (χ3v) is 5.99. The van der Waals surface area contributed by atoms with E-state index < -0.39 is 20.0 Å². The van der Waals surface area contributed by atoms with Crippen molar-refractivity contribution in [2.75, 3.05) is 13.2 Å². The van der Waals surface area contributed by atoms with Crippen molar-refractivity contribution in [1.82, 2.24) is 0 Å². The summed E-state index contributed by atoms with van der Waals surface area (Å²) in [6.07, 6.45) is 19.3. The lowest BCUT2D eigenvalue weighted by Crippen LogP contribution is -2.41. The second-order valence-electron chi connectivity index (χ2n) is 8.36. The molecule has 8 heteroatoms. The number of phosphoric ester groups is 1. The van der Waals surface area contributed by atoms with Crippen LogP contribution in [0.5, 0.6) is 0 Å². The largest absolute Gasteiger partial charge is 0.470 e. The van der Waals surface area contributed by atoms with Gasteiger partial charge in [-0.3, -0.25) is 9.32 Å². The zero-order valence-electron chi connectivity index (χ0n) is 19.2. The minimum absolute atomic E-state index is 0.0104. The fourth-order valence-electron chi connectivity index (χ4n) is 3.67. The molecule has 1 saturated heterocycles. The molecule has 0 spiro atoms. The van der Waals surface area contributed by atoms with Crippen molar-refractivity contribution >= 4 is 13.8 Å². The van der Waals surface area contributed by atoms with Gasteiger partial charge in [-0.15, -0.1) is 0 Å². The van der Waals surface area contributed by atoms with Crippen molar-refractivity contribution in [3.05, 3.63) is 12.2 Å². The topological polar surface area (TPSA) is 102 Å². The fraction of sp³-hybridized carbons (Fsp3) is 0.870. The SMILES string of the molecule is CCCCCCCC/C=C/CCCCCCCC(=O)O[C@H]1CCOC[C@@H]1OP(=O)(O)O. The van der Waals surface area contributed by atoms with Crippen LogP contribution >= 0.6 is 7.82 Å². The van der Waals surface area contributed by atoms with Crippen LogP contribution in [0.15, 0.2) is 12.2 Å². The minimum atomic E-state index is -4.64. The van der Waals surface area contributed by atoms with Gasteiger partial charge in [0.05, 0.1) is 13.2 Å². The molecule has 0 aliphatic carbocycles. The molecule has 0 aromatic carbocycles. The molecule has 1 rings (SSSR count). The zero-order chi connectivity index (χ0) is 22.8. The summed E-state index contributed by atoms with van der Waals surface area (Å²) in [6.45, 7) is 2.64. The maximum atomic E-state index is 12.0. The third kappa shape index (κ3) is 16.6. The lowest BCUT2D eigenvalue weighted by atomic mass is 10.1. The molecule has 0 bridgehead atoms. The fourth-order valence-corrected chi connectivity index (χ4v) is 4.22. The van der Waals surface area contributed by atoms with Crippen LogP contribution in [0.1, 0.15) is 103 Å². The highest BCUT2D eigenvalue weighted by Crippen LogP contribution is 2.39. The van der Waals surface area contributed by atoms with Gasteiger partial charge in [0.15, 0.2) is 0 Å². The van der Waals surface area contributed by atoms with Crippen molar-refractivity contribution in [2.24, 2.45) is 0 Å². The number of rotatable bonds is 18. The molecule has 0 aromatic rings. The van der Waals surface area contributed by atoms with Gasteiger partial charge < -0.3 is 19.3 Å². The van der Waals surface area contributed by atoms with Crippen molar-refractivity contribution < 1.29 is 33.1 Å². The minimum Gasteiger partial charge on any atom is -0.459 e. The Morgan fingerprint density at radius 1 is 0.935 bits per heavy atom. The summed E-state index contributed by atoms with van der Waals surface area (Å²) in [5, 5.41) is 0. The first kappa shape index (κ1) is 28.3. The van der Waals surface area contributed by atoms with Gasteiger partial charge in [0.2, 0.25) is 0 Å². The second-order valence-corrected chi connectivity index (χ2v) is 9.55. The maximum absolute atomic E-state index is 12.0. The van der Waals surface area contributed by atoms with Crippen LogP contribution in [0.2, 0.25) is 0 Å². The highest BCUT2D eigenvalue weighted by Gasteiger charge is 2.34. The van der Waals surface area contributed by atoms with E-state index in [0.717, 1.165) is 32.1 Å². The molecular weight excluding hydrogens is 419 g/mol. The molecule has 1 aliphatic heterocycles. The Bertz CT molecular complexity index is 532. The van der Waals surface area contributed by atoms with Gasteiger partial charge in [0.1, 0.15) is 12.2 Å². The monoisotopic (exact) mass is 462 g/mol.